The number of carbonyl (C=O) groups excluding carboxylic acids is 1. The minimum atomic E-state index is -1.14. The number of hydrogen-bond acceptors (Lipinski definition) is 9. The first-order valence-corrected chi connectivity index (χ1v) is 8.69. The molecule has 29 heavy (non-hydrogen) atoms. The molecule has 0 radical (unpaired) electrons. The van der Waals surface area contributed by atoms with Gasteiger partial charge in [0.25, 0.3) is 5.91 Å². The first kappa shape index (κ1) is 22.0. The second-order valence-electron chi connectivity index (χ2n) is 6.68. The number of rotatable bonds is 9. The zero-order valence-electron chi connectivity index (χ0n) is 16.4. The highest BCUT2D eigenvalue weighted by molar-refractivity contribution is 6.00. The summed E-state index contributed by atoms with van der Waals surface area (Å²) in [5.41, 5.74) is 7.90. The maximum absolute atomic E-state index is 12.5. The first-order valence-electron chi connectivity index (χ1n) is 8.69. The van der Waals surface area contributed by atoms with Gasteiger partial charge < -0.3 is 20.3 Å². The van der Waals surface area contributed by atoms with Crippen LogP contribution < -0.4 is 16.0 Å². The molecule has 0 saturated carbocycles. The smallest absolute Gasteiger partial charge is 0.284 e. The standard InChI is InChI=1S/C19H23N5O5/c1-19(2,26)11-29-24-17(25)14-15(21)22-16(23-18(14)28-8-7-27-3)13-6-4-5-12(9-13)10-20/h4-6,9,26H,7-8,11H2,1-3H3,(H,24,25)(H2,21,22,23). The number of benzene rings is 1. The van der Waals surface area contributed by atoms with Crippen molar-refractivity contribution < 1.29 is 24.2 Å². The fraction of sp³-hybridized carbons (Fsp3) is 0.368. The van der Waals surface area contributed by atoms with Crippen LogP contribution in [-0.4, -0.2) is 53.5 Å². The van der Waals surface area contributed by atoms with Gasteiger partial charge in [0.15, 0.2) is 5.82 Å². The molecule has 10 nitrogen and oxygen atoms in total. The van der Waals surface area contributed by atoms with E-state index in [0.717, 1.165) is 0 Å². The fourth-order valence-electron chi connectivity index (χ4n) is 2.18. The predicted octanol–water partition coefficient (Wildman–Crippen LogP) is 1.05. The number of amides is 1. The molecule has 0 fully saturated rings. The summed E-state index contributed by atoms with van der Waals surface area (Å²) in [7, 11) is 1.51. The summed E-state index contributed by atoms with van der Waals surface area (Å²) in [5.74, 6) is -0.720. The molecule has 1 amide bonds. The van der Waals surface area contributed by atoms with Gasteiger partial charge in [0, 0.05) is 12.7 Å². The molecule has 0 unspecified atom stereocenters. The highest BCUT2D eigenvalue weighted by Crippen LogP contribution is 2.26. The molecule has 0 aliphatic heterocycles. The summed E-state index contributed by atoms with van der Waals surface area (Å²) < 4.78 is 10.5. The molecule has 0 aliphatic carbocycles. The van der Waals surface area contributed by atoms with Gasteiger partial charge in [0.2, 0.25) is 5.88 Å². The number of aromatic nitrogens is 2. The van der Waals surface area contributed by atoms with E-state index in [1.807, 2.05) is 6.07 Å². The van der Waals surface area contributed by atoms with Crippen molar-refractivity contribution >= 4 is 11.7 Å². The Morgan fingerprint density at radius 3 is 2.76 bits per heavy atom. The number of nitrogens with two attached hydrogens (primary N) is 1. The van der Waals surface area contributed by atoms with Crippen molar-refractivity contribution in [2.24, 2.45) is 0 Å². The van der Waals surface area contributed by atoms with Gasteiger partial charge in [-0.3, -0.25) is 9.63 Å². The average Bonchev–Trinajstić information content (AvgIpc) is 2.66. The molecular formula is C19H23N5O5. The van der Waals surface area contributed by atoms with Crippen LogP contribution in [0.4, 0.5) is 5.82 Å². The van der Waals surface area contributed by atoms with E-state index < -0.39 is 11.5 Å². The Labute approximate surface area is 168 Å². The van der Waals surface area contributed by atoms with E-state index in [1.165, 1.54) is 21.0 Å². The molecule has 0 atom stereocenters. The van der Waals surface area contributed by atoms with Gasteiger partial charge in [-0.2, -0.15) is 10.2 Å². The lowest BCUT2D eigenvalue weighted by atomic mass is 10.1. The molecule has 10 heteroatoms. The van der Waals surface area contributed by atoms with Crippen molar-refractivity contribution in [3.63, 3.8) is 0 Å². The van der Waals surface area contributed by atoms with Gasteiger partial charge in [-0.15, -0.1) is 0 Å². The second-order valence-corrected chi connectivity index (χ2v) is 6.68. The number of hydrogen-bond donors (Lipinski definition) is 3. The molecule has 0 aliphatic rings. The third kappa shape index (κ3) is 6.39. The second kappa shape index (κ2) is 9.79. The highest BCUT2D eigenvalue weighted by atomic mass is 16.7. The highest BCUT2D eigenvalue weighted by Gasteiger charge is 2.23. The Morgan fingerprint density at radius 2 is 2.10 bits per heavy atom. The number of nitrogens with zero attached hydrogens (tertiary/aromatic N) is 3. The third-order valence-electron chi connectivity index (χ3n) is 3.50. The predicted molar refractivity (Wildman–Crippen MR) is 104 cm³/mol. The van der Waals surface area contributed by atoms with Crippen LogP contribution in [0.1, 0.15) is 29.8 Å². The average molecular weight is 401 g/mol. The summed E-state index contributed by atoms with van der Waals surface area (Å²) >= 11 is 0. The number of nitrogen functional groups attached to an aromatic ring is 1. The van der Waals surface area contributed by atoms with E-state index in [0.29, 0.717) is 11.1 Å². The molecule has 0 spiro atoms. The van der Waals surface area contributed by atoms with Crippen molar-refractivity contribution in [1.29, 1.82) is 5.26 Å². The Morgan fingerprint density at radius 1 is 1.34 bits per heavy atom. The molecular weight excluding hydrogens is 378 g/mol. The number of nitriles is 1. The summed E-state index contributed by atoms with van der Waals surface area (Å²) in [6.45, 7) is 3.30. The number of carbonyl (C=O) groups is 1. The zero-order valence-corrected chi connectivity index (χ0v) is 16.4. The van der Waals surface area contributed by atoms with E-state index in [2.05, 4.69) is 15.4 Å². The quantitative estimate of drug-likeness (QED) is 0.413. The van der Waals surface area contributed by atoms with Crippen LogP contribution in [0, 0.1) is 11.3 Å². The van der Waals surface area contributed by atoms with Gasteiger partial charge in [-0.1, -0.05) is 12.1 Å². The number of aliphatic hydroxyl groups is 1. The Kier molecular flexibility index (Phi) is 7.44. The lowest BCUT2D eigenvalue weighted by Gasteiger charge is -2.17. The number of anilines is 1. The van der Waals surface area contributed by atoms with Gasteiger partial charge >= 0.3 is 0 Å². The SMILES string of the molecule is COCCOc1nc(-c2cccc(C#N)c2)nc(N)c1C(=O)NOCC(C)(C)O. The summed E-state index contributed by atoms with van der Waals surface area (Å²) in [6.07, 6.45) is 0. The first-order chi connectivity index (χ1) is 13.7. The monoisotopic (exact) mass is 401 g/mol. The minimum absolute atomic E-state index is 0.0590. The van der Waals surface area contributed by atoms with E-state index in [4.69, 9.17) is 25.3 Å². The van der Waals surface area contributed by atoms with E-state index >= 15 is 0 Å². The zero-order chi connectivity index (χ0) is 21.4. The van der Waals surface area contributed by atoms with E-state index in [1.54, 1.807) is 24.3 Å². The molecule has 2 rings (SSSR count). The van der Waals surface area contributed by atoms with Gasteiger partial charge in [0.1, 0.15) is 24.6 Å². The summed E-state index contributed by atoms with van der Waals surface area (Å²) in [4.78, 5) is 26.0. The van der Waals surface area contributed by atoms with E-state index in [9.17, 15) is 9.90 Å². The largest absolute Gasteiger partial charge is 0.474 e. The van der Waals surface area contributed by atoms with Crippen molar-refractivity contribution in [3.8, 4) is 23.3 Å². The number of nitrogens with one attached hydrogen (secondary N) is 1. The summed E-state index contributed by atoms with van der Waals surface area (Å²) in [5, 5.41) is 18.8. The maximum Gasteiger partial charge on any atom is 0.284 e. The molecule has 0 bridgehead atoms. The molecule has 4 N–H and O–H groups in total. The van der Waals surface area contributed by atoms with Crippen LogP contribution in [0.15, 0.2) is 24.3 Å². The van der Waals surface area contributed by atoms with Crippen molar-refractivity contribution in [1.82, 2.24) is 15.4 Å². The molecule has 154 valence electrons. The summed E-state index contributed by atoms with van der Waals surface area (Å²) in [6, 6.07) is 8.67. The molecule has 2 aromatic rings. The van der Waals surface area contributed by atoms with Crippen molar-refractivity contribution in [2.45, 2.75) is 19.4 Å². The van der Waals surface area contributed by atoms with Gasteiger partial charge in [-0.25, -0.2) is 10.5 Å². The van der Waals surface area contributed by atoms with Crippen LogP contribution in [0.5, 0.6) is 5.88 Å². The Hall–Kier alpha value is -3.26. The minimum Gasteiger partial charge on any atom is -0.474 e. The topological polar surface area (TPSA) is 153 Å². The number of ether oxygens (including phenoxy) is 2. The van der Waals surface area contributed by atoms with E-state index in [-0.39, 0.29) is 42.9 Å². The molecule has 0 saturated heterocycles. The van der Waals surface area contributed by atoms with Crippen LogP contribution >= 0.6 is 0 Å². The lowest BCUT2D eigenvalue weighted by Crippen LogP contribution is -2.34. The molecule has 1 heterocycles. The lowest BCUT2D eigenvalue weighted by molar-refractivity contribution is -0.0523. The van der Waals surface area contributed by atoms with Crippen LogP contribution in [0.25, 0.3) is 11.4 Å². The van der Waals surface area contributed by atoms with Crippen LogP contribution in [0.2, 0.25) is 0 Å². The number of hydroxylamine groups is 1. The van der Waals surface area contributed by atoms with Crippen molar-refractivity contribution in [3.05, 3.63) is 35.4 Å². The molecule has 1 aromatic heterocycles. The van der Waals surface area contributed by atoms with Gasteiger partial charge in [0.05, 0.1) is 23.8 Å². The number of methoxy groups -OCH3 is 1. The third-order valence-corrected chi connectivity index (χ3v) is 3.50. The molecule has 1 aromatic carbocycles. The van der Waals surface area contributed by atoms with Crippen LogP contribution in [-0.2, 0) is 9.57 Å². The van der Waals surface area contributed by atoms with Gasteiger partial charge in [-0.05, 0) is 26.0 Å². The van der Waals surface area contributed by atoms with Crippen LogP contribution in [0.3, 0.4) is 0 Å². The Balaban J connectivity index is 2.36. The van der Waals surface area contributed by atoms with Crippen molar-refractivity contribution in [2.75, 3.05) is 32.7 Å². The fourth-order valence-corrected chi connectivity index (χ4v) is 2.18. The Bertz CT molecular complexity index is 905. The maximum atomic E-state index is 12.5. The normalized spacial score (nSPS) is 11.0.